The second-order valence-electron chi connectivity index (χ2n) is 7.93. The molecule has 2 aromatic heterocycles. The van der Waals surface area contributed by atoms with Crippen LogP contribution < -0.4 is 5.32 Å². The second-order valence-corrected chi connectivity index (χ2v) is 7.93. The summed E-state index contributed by atoms with van der Waals surface area (Å²) in [5.41, 5.74) is -0.0787. The summed E-state index contributed by atoms with van der Waals surface area (Å²) in [7, 11) is 0. The van der Waals surface area contributed by atoms with Crippen molar-refractivity contribution in [3.63, 3.8) is 0 Å². The molecule has 162 valence electrons. The molecule has 31 heavy (non-hydrogen) atoms. The number of fused-ring (bicyclic) bond motifs is 1. The van der Waals surface area contributed by atoms with E-state index < -0.39 is 29.4 Å². The van der Waals surface area contributed by atoms with Gasteiger partial charge in [0, 0.05) is 35.7 Å². The molecule has 4 rings (SSSR count). The lowest BCUT2D eigenvalue weighted by molar-refractivity contribution is -0.125. The zero-order chi connectivity index (χ0) is 22.2. The Labute approximate surface area is 177 Å². The van der Waals surface area contributed by atoms with Crippen LogP contribution in [-0.4, -0.2) is 20.9 Å². The van der Waals surface area contributed by atoms with E-state index in [1.54, 1.807) is 31.5 Å². The Hall–Kier alpha value is -3.00. The van der Waals surface area contributed by atoms with Gasteiger partial charge in [0.1, 0.15) is 17.2 Å². The van der Waals surface area contributed by atoms with E-state index in [2.05, 4.69) is 15.3 Å². The molecule has 0 saturated heterocycles. The fraction of sp³-hybridized carbons (Fsp3) is 0.348. The number of hydrogen-bond acceptors (Lipinski definition) is 5. The molecule has 1 fully saturated rings. The molecule has 0 amide bonds. The third-order valence-corrected chi connectivity index (χ3v) is 5.87. The number of Topliss-reactive ketones (excluding diaryl/α,β-unsaturated/α-hetero) is 1. The van der Waals surface area contributed by atoms with E-state index in [1.165, 1.54) is 12.1 Å². The molecule has 1 aliphatic rings. The van der Waals surface area contributed by atoms with Gasteiger partial charge >= 0.3 is 0 Å². The number of rotatable bonds is 5. The molecule has 1 aromatic carbocycles. The summed E-state index contributed by atoms with van der Waals surface area (Å²) in [6.45, 7) is 1.68. The summed E-state index contributed by atoms with van der Waals surface area (Å²) in [5, 5.41) is 14.8. The maximum Gasteiger partial charge on any atom is 0.266 e. The molecule has 2 N–H and O–H groups in total. The number of benzene rings is 1. The Morgan fingerprint density at radius 1 is 1.13 bits per heavy atom. The van der Waals surface area contributed by atoms with Gasteiger partial charge in [0.05, 0.1) is 29.0 Å². The Morgan fingerprint density at radius 2 is 1.84 bits per heavy atom. The summed E-state index contributed by atoms with van der Waals surface area (Å²) >= 11 is 0. The first-order valence-electron chi connectivity index (χ1n) is 10.1. The van der Waals surface area contributed by atoms with Gasteiger partial charge in [0.15, 0.2) is 0 Å². The molecule has 5 nitrogen and oxygen atoms in total. The molecular weight excluding hydrogens is 407 g/mol. The molecule has 2 heterocycles. The molecule has 0 bridgehead atoms. The minimum atomic E-state index is -2.90. The first-order valence-corrected chi connectivity index (χ1v) is 10.1. The van der Waals surface area contributed by atoms with Crippen LogP contribution in [0.25, 0.3) is 10.9 Å². The molecule has 0 aliphatic heterocycles. The largest absolute Gasteiger partial charge is 0.384 e. The van der Waals surface area contributed by atoms with Gasteiger partial charge in [-0.3, -0.25) is 14.8 Å². The Morgan fingerprint density at radius 3 is 2.55 bits per heavy atom. The number of nitrogens with one attached hydrogen (secondary N) is 1. The van der Waals surface area contributed by atoms with Crippen LogP contribution in [0, 0.1) is 5.82 Å². The third-order valence-electron chi connectivity index (χ3n) is 5.87. The minimum Gasteiger partial charge on any atom is -0.384 e. The zero-order valence-electron chi connectivity index (χ0n) is 16.9. The van der Waals surface area contributed by atoms with Crippen LogP contribution in [0.2, 0.25) is 0 Å². The number of pyridine rings is 2. The van der Waals surface area contributed by atoms with Gasteiger partial charge < -0.3 is 10.4 Å². The molecule has 1 aliphatic carbocycles. The van der Waals surface area contributed by atoms with Crippen molar-refractivity contribution in [1.82, 2.24) is 9.97 Å². The number of ketones is 1. The zero-order valence-corrected chi connectivity index (χ0v) is 16.9. The predicted molar refractivity (Wildman–Crippen MR) is 110 cm³/mol. The number of aromatic nitrogens is 2. The highest BCUT2D eigenvalue weighted by atomic mass is 19.3. The van der Waals surface area contributed by atoms with Crippen LogP contribution in [0.5, 0.6) is 0 Å². The predicted octanol–water partition coefficient (Wildman–Crippen LogP) is 5.21. The van der Waals surface area contributed by atoms with Gasteiger partial charge in [-0.1, -0.05) is 18.2 Å². The number of alkyl halides is 2. The van der Waals surface area contributed by atoms with Gasteiger partial charge in [-0.2, -0.15) is 0 Å². The monoisotopic (exact) mass is 429 g/mol. The van der Waals surface area contributed by atoms with Crippen molar-refractivity contribution in [2.75, 3.05) is 5.32 Å². The lowest BCUT2D eigenvalue weighted by atomic mass is 9.81. The summed E-state index contributed by atoms with van der Waals surface area (Å²) in [4.78, 5) is 20.2. The topological polar surface area (TPSA) is 75.1 Å². The number of hydrogen-bond donors (Lipinski definition) is 2. The number of aliphatic hydroxyl groups is 1. The number of nitrogens with zero attached hydrogens (tertiary/aromatic N) is 2. The second kappa shape index (κ2) is 8.26. The van der Waals surface area contributed by atoms with E-state index in [4.69, 9.17) is 0 Å². The SMILES string of the molecule is C[C@@H](Nc1ccnc2cnc(C3(O)CCC(=O)CC3)cc12)c1cccc(C(F)F)c1F. The van der Waals surface area contributed by atoms with E-state index >= 15 is 0 Å². The highest BCUT2D eigenvalue weighted by Crippen LogP contribution is 2.37. The maximum atomic E-state index is 14.6. The van der Waals surface area contributed by atoms with Crippen LogP contribution >= 0.6 is 0 Å². The van der Waals surface area contributed by atoms with Crippen molar-refractivity contribution in [1.29, 1.82) is 0 Å². The first-order chi connectivity index (χ1) is 14.8. The normalized spacial score (nSPS) is 17.2. The molecule has 3 aromatic rings. The summed E-state index contributed by atoms with van der Waals surface area (Å²) < 4.78 is 40.7. The standard InChI is InChI=1S/C23H22F3N3O2/c1-13(15-3-2-4-16(21(15)24)22(25)26)29-18-7-10-27-19-12-28-20(11-17(18)19)23(31)8-5-14(30)6-9-23/h2-4,7,10-13,22,31H,5-6,8-9H2,1H3,(H,27,29)/t13-/m1/s1. The van der Waals surface area contributed by atoms with Crippen molar-refractivity contribution in [3.05, 3.63) is 65.4 Å². The maximum absolute atomic E-state index is 14.6. The average Bonchev–Trinajstić information content (AvgIpc) is 2.75. The number of carbonyl (C=O) groups is 1. The van der Waals surface area contributed by atoms with Gasteiger partial charge in [-0.05, 0) is 31.9 Å². The Balaban J connectivity index is 1.68. The fourth-order valence-corrected chi connectivity index (χ4v) is 4.01. The smallest absolute Gasteiger partial charge is 0.266 e. The van der Waals surface area contributed by atoms with Crippen LogP contribution in [0.3, 0.4) is 0 Å². The van der Waals surface area contributed by atoms with E-state index in [0.29, 0.717) is 48.0 Å². The molecule has 1 atom stereocenters. The number of anilines is 1. The van der Waals surface area contributed by atoms with Gasteiger partial charge in [-0.15, -0.1) is 0 Å². The Bertz CT molecular complexity index is 1130. The van der Waals surface area contributed by atoms with Gasteiger partial charge in [-0.25, -0.2) is 13.2 Å². The van der Waals surface area contributed by atoms with Crippen molar-refractivity contribution in [3.8, 4) is 0 Å². The lowest BCUT2D eigenvalue weighted by Crippen LogP contribution is -2.32. The molecule has 0 spiro atoms. The fourth-order valence-electron chi connectivity index (χ4n) is 4.01. The first kappa shape index (κ1) is 21.2. The molecular formula is C23H22F3N3O2. The van der Waals surface area contributed by atoms with Crippen molar-refractivity contribution < 1.29 is 23.1 Å². The van der Waals surface area contributed by atoms with Crippen molar-refractivity contribution in [2.45, 2.75) is 50.7 Å². The third kappa shape index (κ3) is 4.12. The summed E-state index contributed by atoms with van der Waals surface area (Å²) in [5.74, 6) is -0.809. The molecule has 1 saturated carbocycles. The van der Waals surface area contributed by atoms with E-state index in [0.717, 1.165) is 6.07 Å². The van der Waals surface area contributed by atoms with Crippen LogP contribution in [0.1, 0.15) is 61.9 Å². The minimum absolute atomic E-state index is 0.122. The number of carbonyl (C=O) groups excluding carboxylic acids is 1. The Kier molecular flexibility index (Phi) is 5.66. The van der Waals surface area contributed by atoms with Crippen LogP contribution in [0.4, 0.5) is 18.9 Å². The molecule has 0 radical (unpaired) electrons. The quantitative estimate of drug-likeness (QED) is 0.582. The highest BCUT2D eigenvalue weighted by Gasteiger charge is 2.35. The highest BCUT2D eigenvalue weighted by molar-refractivity contribution is 5.91. The van der Waals surface area contributed by atoms with Crippen molar-refractivity contribution in [2.24, 2.45) is 0 Å². The van der Waals surface area contributed by atoms with Crippen molar-refractivity contribution >= 4 is 22.4 Å². The number of halogens is 3. The van der Waals surface area contributed by atoms with Crippen LogP contribution in [-0.2, 0) is 10.4 Å². The van der Waals surface area contributed by atoms with E-state index in [-0.39, 0.29) is 11.3 Å². The van der Waals surface area contributed by atoms with E-state index in [1.807, 2.05) is 0 Å². The molecule has 0 unspecified atom stereocenters. The molecule has 8 heteroatoms. The van der Waals surface area contributed by atoms with Crippen LogP contribution in [0.15, 0.2) is 42.7 Å². The van der Waals surface area contributed by atoms with Gasteiger partial charge in [0.2, 0.25) is 0 Å². The lowest BCUT2D eigenvalue weighted by Gasteiger charge is -2.31. The summed E-state index contributed by atoms with van der Waals surface area (Å²) in [6.07, 6.45) is 1.41. The van der Waals surface area contributed by atoms with Gasteiger partial charge in [0.25, 0.3) is 6.43 Å². The van der Waals surface area contributed by atoms with E-state index in [9.17, 15) is 23.1 Å². The summed E-state index contributed by atoms with van der Waals surface area (Å²) in [6, 6.07) is 6.77. The average molecular weight is 429 g/mol.